The van der Waals surface area contributed by atoms with Gasteiger partial charge in [-0.3, -0.25) is 4.79 Å². The minimum Gasteiger partial charge on any atom is -0.480 e. The summed E-state index contributed by atoms with van der Waals surface area (Å²) in [6, 6.07) is -1.64. The number of unbranched alkanes of at least 4 members (excludes halogenated alkanes) is 1. The molecule has 0 saturated carbocycles. The van der Waals surface area contributed by atoms with Crippen LogP contribution in [0.25, 0.3) is 0 Å². The lowest BCUT2D eigenvalue weighted by molar-refractivity contribution is -0.139. The molecule has 0 spiro atoms. The molecular weight excluding hydrogens is 270 g/mol. The third-order valence-corrected chi connectivity index (χ3v) is 3.04. The minimum absolute atomic E-state index is 0.00936. The predicted molar refractivity (Wildman–Crippen MR) is 74.0 cm³/mol. The molecule has 0 aromatic heterocycles. The number of primary amides is 1. The summed E-state index contributed by atoms with van der Waals surface area (Å²) in [4.78, 5) is 32.9. The van der Waals surface area contributed by atoms with E-state index in [1.54, 1.807) is 11.8 Å². The van der Waals surface area contributed by atoms with Crippen LogP contribution < -0.4 is 16.4 Å². The Morgan fingerprint density at radius 1 is 1.32 bits per heavy atom. The maximum absolute atomic E-state index is 11.4. The molecule has 1 atom stereocenters. The number of urea groups is 1. The molecule has 0 aromatic carbocycles. The number of thioether (sulfide) groups is 1. The van der Waals surface area contributed by atoms with Crippen LogP contribution in [0, 0.1) is 0 Å². The second-order valence-electron chi connectivity index (χ2n) is 4.00. The van der Waals surface area contributed by atoms with Crippen LogP contribution in [0.15, 0.2) is 0 Å². The molecule has 0 rings (SSSR count). The van der Waals surface area contributed by atoms with Gasteiger partial charge in [-0.05, 0) is 31.3 Å². The van der Waals surface area contributed by atoms with E-state index in [0.29, 0.717) is 6.54 Å². The van der Waals surface area contributed by atoms with Gasteiger partial charge < -0.3 is 21.5 Å². The van der Waals surface area contributed by atoms with Gasteiger partial charge >= 0.3 is 12.0 Å². The van der Waals surface area contributed by atoms with Gasteiger partial charge in [-0.2, -0.15) is 11.8 Å². The van der Waals surface area contributed by atoms with E-state index in [4.69, 9.17) is 10.8 Å². The van der Waals surface area contributed by atoms with Crippen molar-refractivity contribution in [1.82, 2.24) is 10.6 Å². The van der Waals surface area contributed by atoms with Gasteiger partial charge in [0.05, 0.1) is 0 Å². The van der Waals surface area contributed by atoms with Crippen molar-refractivity contribution in [3.63, 3.8) is 0 Å². The van der Waals surface area contributed by atoms with Crippen LogP contribution in [-0.2, 0) is 9.59 Å². The first-order chi connectivity index (χ1) is 8.97. The van der Waals surface area contributed by atoms with E-state index in [2.05, 4.69) is 10.6 Å². The van der Waals surface area contributed by atoms with Crippen LogP contribution in [0.4, 0.5) is 4.79 Å². The topological polar surface area (TPSA) is 122 Å². The van der Waals surface area contributed by atoms with Crippen molar-refractivity contribution < 1.29 is 19.5 Å². The van der Waals surface area contributed by atoms with Crippen LogP contribution in [0.2, 0.25) is 0 Å². The van der Waals surface area contributed by atoms with E-state index in [-0.39, 0.29) is 12.8 Å². The molecule has 0 aliphatic rings. The quantitative estimate of drug-likeness (QED) is 0.427. The Morgan fingerprint density at radius 3 is 2.53 bits per heavy atom. The molecule has 0 heterocycles. The van der Waals surface area contributed by atoms with E-state index >= 15 is 0 Å². The van der Waals surface area contributed by atoms with E-state index in [1.807, 2.05) is 6.26 Å². The molecule has 19 heavy (non-hydrogen) atoms. The highest BCUT2D eigenvalue weighted by atomic mass is 32.2. The normalized spacial score (nSPS) is 11.6. The largest absolute Gasteiger partial charge is 0.480 e. The maximum Gasteiger partial charge on any atom is 0.326 e. The highest BCUT2D eigenvalue weighted by molar-refractivity contribution is 7.98. The number of amides is 3. The highest BCUT2D eigenvalue weighted by Crippen LogP contribution is 1.99. The van der Waals surface area contributed by atoms with Crippen LogP contribution in [-0.4, -0.2) is 47.6 Å². The first kappa shape index (κ1) is 17.6. The monoisotopic (exact) mass is 291 g/mol. The fourth-order valence-electron chi connectivity index (χ4n) is 1.33. The van der Waals surface area contributed by atoms with Gasteiger partial charge in [0, 0.05) is 13.0 Å². The van der Waals surface area contributed by atoms with Crippen LogP contribution in [0.5, 0.6) is 0 Å². The van der Waals surface area contributed by atoms with E-state index in [0.717, 1.165) is 18.6 Å². The van der Waals surface area contributed by atoms with Gasteiger partial charge in [0.25, 0.3) is 0 Å². The highest BCUT2D eigenvalue weighted by Gasteiger charge is 2.20. The number of rotatable bonds is 10. The molecular formula is C11H21N3O4S. The van der Waals surface area contributed by atoms with E-state index in [1.165, 1.54) is 0 Å². The lowest BCUT2D eigenvalue weighted by Crippen LogP contribution is -2.46. The van der Waals surface area contributed by atoms with Crippen LogP contribution in [0.3, 0.4) is 0 Å². The van der Waals surface area contributed by atoms with Crippen molar-refractivity contribution in [3.8, 4) is 0 Å². The molecule has 0 bridgehead atoms. The Balaban J connectivity index is 3.90. The molecule has 8 heteroatoms. The van der Waals surface area contributed by atoms with Crippen LogP contribution in [0.1, 0.15) is 25.7 Å². The smallest absolute Gasteiger partial charge is 0.326 e. The molecule has 0 saturated heterocycles. The average molecular weight is 291 g/mol. The van der Waals surface area contributed by atoms with Gasteiger partial charge in [0.15, 0.2) is 0 Å². The Bertz CT molecular complexity index is 312. The van der Waals surface area contributed by atoms with E-state index < -0.39 is 23.9 Å². The third-order valence-electron chi connectivity index (χ3n) is 2.34. The summed E-state index contributed by atoms with van der Waals surface area (Å²) in [6.07, 6.45) is 3.75. The fourth-order valence-corrected chi connectivity index (χ4v) is 1.82. The molecule has 0 fully saturated rings. The third kappa shape index (κ3) is 10.2. The van der Waals surface area contributed by atoms with E-state index in [9.17, 15) is 14.4 Å². The average Bonchev–Trinajstić information content (AvgIpc) is 2.33. The number of hydrogen-bond acceptors (Lipinski definition) is 4. The molecule has 3 amide bonds. The molecule has 0 aliphatic heterocycles. The molecule has 5 N–H and O–H groups in total. The summed E-state index contributed by atoms with van der Waals surface area (Å²) < 4.78 is 0. The van der Waals surface area contributed by atoms with Crippen molar-refractivity contribution in [1.29, 1.82) is 0 Å². The Morgan fingerprint density at radius 2 is 2.00 bits per heavy atom. The van der Waals surface area contributed by atoms with Crippen LogP contribution >= 0.6 is 11.8 Å². The summed E-state index contributed by atoms with van der Waals surface area (Å²) in [6.45, 7) is 0.495. The molecule has 0 aliphatic carbocycles. The number of carboxylic acid groups (broad SMARTS) is 1. The molecule has 7 nitrogen and oxygen atoms in total. The number of carbonyl (C=O) groups is 3. The van der Waals surface area contributed by atoms with Crippen molar-refractivity contribution in [2.45, 2.75) is 31.7 Å². The van der Waals surface area contributed by atoms with Crippen molar-refractivity contribution in [2.24, 2.45) is 5.73 Å². The zero-order valence-electron chi connectivity index (χ0n) is 11.0. The van der Waals surface area contributed by atoms with Gasteiger partial charge in [0.1, 0.15) is 6.04 Å². The molecule has 1 unspecified atom stereocenters. The number of nitrogens with two attached hydrogens (primary N) is 1. The van der Waals surface area contributed by atoms with Gasteiger partial charge in [-0.1, -0.05) is 0 Å². The summed E-state index contributed by atoms with van der Waals surface area (Å²) in [7, 11) is 0. The molecule has 0 aromatic rings. The Hall–Kier alpha value is -1.44. The maximum atomic E-state index is 11.4. The number of hydrogen-bond donors (Lipinski definition) is 4. The Labute approximate surface area is 116 Å². The SMILES string of the molecule is CSCCCCNC(=O)NC(CCC(N)=O)C(=O)O. The first-order valence-electron chi connectivity index (χ1n) is 6.01. The second-order valence-corrected chi connectivity index (χ2v) is 4.98. The zero-order valence-corrected chi connectivity index (χ0v) is 11.8. The number of aliphatic carboxylic acids is 1. The predicted octanol–water partition coefficient (Wildman–Crippen LogP) is 0.148. The van der Waals surface area contributed by atoms with Crippen molar-refractivity contribution in [3.05, 3.63) is 0 Å². The number of nitrogens with one attached hydrogen (secondary N) is 2. The summed E-state index contributed by atoms with van der Waals surface area (Å²) in [5, 5.41) is 13.8. The standard InChI is InChI=1S/C11H21N3O4S/c1-19-7-3-2-6-13-11(18)14-8(10(16)17)4-5-9(12)15/h8H,2-7H2,1H3,(H2,12,15)(H,16,17)(H2,13,14,18). The fraction of sp³-hybridized carbons (Fsp3) is 0.727. The lowest BCUT2D eigenvalue weighted by atomic mass is 10.1. The number of carboxylic acids is 1. The van der Waals surface area contributed by atoms with Crippen molar-refractivity contribution in [2.75, 3.05) is 18.6 Å². The van der Waals surface area contributed by atoms with Crippen molar-refractivity contribution >= 4 is 29.7 Å². The Kier molecular flexibility index (Phi) is 9.69. The summed E-state index contributed by atoms with van der Waals surface area (Å²) >= 11 is 1.73. The van der Waals surface area contributed by atoms with Gasteiger partial charge in [-0.25, -0.2) is 9.59 Å². The lowest BCUT2D eigenvalue weighted by Gasteiger charge is -2.14. The number of carbonyl (C=O) groups excluding carboxylic acids is 2. The zero-order chi connectivity index (χ0) is 14.7. The summed E-state index contributed by atoms with van der Waals surface area (Å²) in [5.41, 5.74) is 4.94. The molecule has 110 valence electrons. The summed E-state index contributed by atoms with van der Waals surface area (Å²) in [5.74, 6) is -0.746. The minimum atomic E-state index is -1.18. The second kappa shape index (κ2) is 10.5. The van der Waals surface area contributed by atoms with Gasteiger partial charge in [0.2, 0.25) is 5.91 Å². The molecule has 0 radical (unpaired) electrons. The first-order valence-corrected chi connectivity index (χ1v) is 7.41. The van der Waals surface area contributed by atoms with Gasteiger partial charge in [-0.15, -0.1) is 0 Å².